The fourth-order valence-electron chi connectivity index (χ4n) is 8.20. The van der Waals surface area contributed by atoms with Crippen molar-refractivity contribution in [3.8, 4) is 0 Å². The molecule has 28 heavy (non-hydrogen) atoms. The molecule has 4 bridgehead atoms. The van der Waals surface area contributed by atoms with E-state index in [9.17, 15) is 4.79 Å². The number of aryl methyl sites for hydroxylation is 1. The van der Waals surface area contributed by atoms with Crippen LogP contribution in [0.3, 0.4) is 0 Å². The van der Waals surface area contributed by atoms with Crippen LogP contribution >= 0.6 is 0 Å². The minimum Gasteiger partial charge on any atom is -0.340 e. The van der Waals surface area contributed by atoms with Crippen LogP contribution < -0.4 is 0 Å². The van der Waals surface area contributed by atoms with E-state index in [1.807, 2.05) is 0 Å². The molecule has 1 amide bonds. The van der Waals surface area contributed by atoms with Crippen LogP contribution in [0.25, 0.3) is 0 Å². The zero-order valence-corrected chi connectivity index (χ0v) is 18.0. The number of hydrogen-bond acceptors (Lipinski definition) is 2. The first-order valence-electron chi connectivity index (χ1n) is 11.3. The number of piperazine rings is 1. The third kappa shape index (κ3) is 3.20. The van der Waals surface area contributed by atoms with E-state index in [0.29, 0.717) is 16.7 Å². The van der Waals surface area contributed by atoms with Crippen molar-refractivity contribution in [2.24, 2.45) is 22.2 Å². The lowest BCUT2D eigenvalue weighted by atomic mass is 9.40. The maximum absolute atomic E-state index is 13.8. The summed E-state index contributed by atoms with van der Waals surface area (Å²) in [4.78, 5) is 18.5. The summed E-state index contributed by atoms with van der Waals surface area (Å²) in [5, 5.41) is 0. The van der Waals surface area contributed by atoms with E-state index in [2.05, 4.69) is 54.8 Å². The van der Waals surface area contributed by atoms with Gasteiger partial charge in [-0.05, 0) is 67.8 Å². The highest BCUT2D eigenvalue weighted by molar-refractivity contribution is 5.83. The number of benzene rings is 1. The Hall–Kier alpha value is -1.35. The molecule has 5 aliphatic rings. The predicted octanol–water partition coefficient (Wildman–Crippen LogP) is 4.64. The third-order valence-electron chi connectivity index (χ3n) is 8.23. The van der Waals surface area contributed by atoms with E-state index < -0.39 is 0 Å². The van der Waals surface area contributed by atoms with Gasteiger partial charge in [-0.25, -0.2) is 0 Å². The van der Waals surface area contributed by atoms with Gasteiger partial charge in [0, 0.05) is 32.7 Å². The van der Waals surface area contributed by atoms with Crippen molar-refractivity contribution in [2.45, 2.75) is 65.8 Å². The van der Waals surface area contributed by atoms with Crippen LogP contribution in [0, 0.1) is 29.1 Å². The standard InChI is InChI=1S/C25H36N2O/c1-19-5-4-6-20(11-19)15-26-7-9-27(10-8-26)22(28)25-14-21-12-23(2,17-25)16-24(3,13-21)18-25/h4-6,11,21H,7-10,12-18H2,1-3H3. The molecular weight excluding hydrogens is 344 g/mol. The molecule has 3 heteroatoms. The highest BCUT2D eigenvalue weighted by Crippen LogP contribution is 2.69. The van der Waals surface area contributed by atoms with E-state index in [1.54, 1.807) is 0 Å². The number of rotatable bonds is 3. The van der Waals surface area contributed by atoms with Gasteiger partial charge in [-0.2, -0.15) is 0 Å². The molecule has 3 nitrogen and oxygen atoms in total. The lowest BCUT2D eigenvalue weighted by Crippen LogP contribution is -2.62. The zero-order chi connectivity index (χ0) is 19.6. The van der Waals surface area contributed by atoms with E-state index in [0.717, 1.165) is 51.5 Å². The second kappa shape index (κ2) is 6.32. The van der Waals surface area contributed by atoms with Gasteiger partial charge in [0.15, 0.2) is 0 Å². The molecule has 1 aromatic carbocycles. The fourth-order valence-corrected chi connectivity index (χ4v) is 8.20. The Balaban J connectivity index is 1.25. The van der Waals surface area contributed by atoms with Crippen molar-refractivity contribution in [1.29, 1.82) is 0 Å². The van der Waals surface area contributed by atoms with E-state index in [4.69, 9.17) is 0 Å². The molecule has 2 unspecified atom stereocenters. The van der Waals surface area contributed by atoms with E-state index in [-0.39, 0.29) is 5.41 Å². The summed E-state index contributed by atoms with van der Waals surface area (Å²) in [7, 11) is 0. The van der Waals surface area contributed by atoms with Gasteiger partial charge >= 0.3 is 0 Å². The fraction of sp³-hybridized carbons (Fsp3) is 0.720. The molecule has 1 aliphatic heterocycles. The molecule has 152 valence electrons. The molecule has 1 aromatic rings. The molecule has 0 spiro atoms. The van der Waals surface area contributed by atoms with Crippen LogP contribution in [0.1, 0.15) is 63.5 Å². The Kier molecular flexibility index (Phi) is 4.21. The van der Waals surface area contributed by atoms with Gasteiger partial charge in [0.2, 0.25) is 5.91 Å². The lowest BCUT2D eigenvalue weighted by molar-refractivity contribution is -0.180. The summed E-state index contributed by atoms with van der Waals surface area (Å²) < 4.78 is 0. The van der Waals surface area contributed by atoms with Crippen molar-refractivity contribution in [3.63, 3.8) is 0 Å². The largest absolute Gasteiger partial charge is 0.340 e. The highest BCUT2D eigenvalue weighted by atomic mass is 16.2. The lowest BCUT2D eigenvalue weighted by Gasteiger charge is -2.65. The van der Waals surface area contributed by atoms with Crippen molar-refractivity contribution in [2.75, 3.05) is 26.2 Å². The van der Waals surface area contributed by atoms with Crippen molar-refractivity contribution in [1.82, 2.24) is 9.80 Å². The summed E-state index contributed by atoms with van der Waals surface area (Å²) >= 11 is 0. The molecule has 4 aliphatic carbocycles. The van der Waals surface area contributed by atoms with Crippen molar-refractivity contribution < 1.29 is 4.79 Å². The van der Waals surface area contributed by atoms with E-state index >= 15 is 0 Å². The molecule has 5 fully saturated rings. The molecule has 0 radical (unpaired) electrons. The van der Waals surface area contributed by atoms with Crippen LogP contribution in [0.15, 0.2) is 24.3 Å². The Morgan fingerprint density at radius 2 is 1.68 bits per heavy atom. The highest BCUT2D eigenvalue weighted by Gasteiger charge is 2.63. The topological polar surface area (TPSA) is 23.6 Å². The Labute approximate surface area is 170 Å². The maximum atomic E-state index is 13.8. The van der Waals surface area contributed by atoms with Gasteiger partial charge < -0.3 is 4.90 Å². The quantitative estimate of drug-likeness (QED) is 0.763. The summed E-state index contributed by atoms with van der Waals surface area (Å²) in [5.74, 6) is 1.29. The smallest absolute Gasteiger partial charge is 0.228 e. The minimum atomic E-state index is -0.0401. The van der Waals surface area contributed by atoms with Crippen molar-refractivity contribution >= 4 is 5.91 Å². The molecule has 1 saturated heterocycles. The van der Waals surface area contributed by atoms with Gasteiger partial charge in [-0.15, -0.1) is 0 Å². The Morgan fingerprint density at radius 3 is 2.29 bits per heavy atom. The minimum absolute atomic E-state index is 0.0401. The number of nitrogens with zero attached hydrogens (tertiary/aromatic N) is 2. The van der Waals surface area contributed by atoms with Gasteiger partial charge in [0.05, 0.1) is 5.41 Å². The molecular formula is C25H36N2O. The van der Waals surface area contributed by atoms with Gasteiger partial charge in [0.25, 0.3) is 0 Å². The summed E-state index contributed by atoms with van der Waals surface area (Å²) in [6, 6.07) is 8.82. The van der Waals surface area contributed by atoms with Crippen molar-refractivity contribution in [3.05, 3.63) is 35.4 Å². The second-order valence-electron chi connectivity index (χ2n) is 11.5. The second-order valence-corrected chi connectivity index (χ2v) is 11.5. The van der Waals surface area contributed by atoms with Crippen LogP contribution in [-0.2, 0) is 11.3 Å². The number of carbonyl (C=O) groups excluding carboxylic acids is 1. The van der Waals surface area contributed by atoms with Crippen LogP contribution in [0.4, 0.5) is 0 Å². The normalized spacial score (nSPS) is 40.1. The molecule has 4 saturated carbocycles. The average Bonchev–Trinajstić information content (AvgIpc) is 2.59. The van der Waals surface area contributed by atoms with Crippen LogP contribution in [0.5, 0.6) is 0 Å². The molecule has 2 atom stereocenters. The summed E-state index contributed by atoms with van der Waals surface area (Å²) in [5.41, 5.74) is 3.51. The maximum Gasteiger partial charge on any atom is 0.228 e. The number of hydrogen-bond donors (Lipinski definition) is 0. The number of carbonyl (C=O) groups is 1. The molecule has 0 N–H and O–H groups in total. The number of amides is 1. The van der Waals surface area contributed by atoms with Gasteiger partial charge in [0.1, 0.15) is 0 Å². The molecule has 1 heterocycles. The van der Waals surface area contributed by atoms with Crippen LogP contribution in [0.2, 0.25) is 0 Å². The first-order chi connectivity index (χ1) is 13.3. The van der Waals surface area contributed by atoms with Crippen LogP contribution in [-0.4, -0.2) is 41.9 Å². The molecule has 6 rings (SSSR count). The average molecular weight is 381 g/mol. The van der Waals surface area contributed by atoms with Gasteiger partial charge in [-0.1, -0.05) is 43.7 Å². The molecule has 0 aromatic heterocycles. The Bertz CT molecular complexity index is 761. The van der Waals surface area contributed by atoms with E-state index in [1.165, 1.54) is 36.8 Å². The summed E-state index contributed by atoms with van der Waals surface area (Å²) in [6.07, 6.45) is 7.53. The first kappa shape index (κ1) is 18.7. The van der Waals surface area contributed by atoms with Gasteiger partial charge in [-0.3, -0.25) is 9.69 Å². The third-order valence-corrected chi connectivity index (χ3v) is 8.23. The predicted molar refractivity (Wildman–Crippen MR) is 113 cm³/mol. The summed E-state index contributed by atoms with van der Waals surface area (Å²) in [6.45, 7) is 11.9. The SMILES string of the molecule is Cc1cccc(CN2CCN(C(=O)C34CC5CC(C)(CC(C)(C5)C3)C4)CC2)c1. The zero-order valence-electron chi connectivity index (χ0n) is 18.0. The first-order valence-corrected chi connectivity index (χ1v) is 11.3. The Morgan fingerprint density at radius 1 is 1.00 bits per heavy atom. The monoisotopic (exact) mass is 380 g/mol.